The molecular weight excluding hydrogens is 376 g/mol. The lowest BCUT2D eigenvalue weighted by atomic mass is 10.1. The molecule has 3 aromatic rings. The molecule has 3 heterocycles. The van der Waals surface area contributed by atoms with Crippen LogP contribution in [0.25, 0.3) is 0 Å². The van der Waals surface area contributed by atoms with Crippen molar-refractivity contribution in [2.24, 2.45) is 0 Å². The summed E-state index contributed by atoms with van der Waals surface area (Å²) in [7, 11) is 0. The quantitative estimate of drug-likeness (QED) is 0.727. The van der Waals surface area contributed by atoms with E-state index < -0.39 is 5.91 Å². The maximum atomic E-state index is 12.4. The van der Waals surface area contributed by atoms with Crippen molar-refractivity contribution in [3.05, 3.63) is 60.0 Å². The topological polar surface area (TPSA) is 107 Å². The smallest absolute Gasteiger partial charge is 0.322 e. The van der Waals surface area contributed by atoms with E-state index in [1.807, 2.05) is 30.3 Å². The van der Waals surface area contributed by atoms with Gasteiger partial charge in [-0.15, -0.1) is 5.10 Å². The van der Waals surface area contributed by atoms with Gasteiger partial charge in [-0.1, -0.05) is 23.3 Å². The fourth-order valence-electron chi connectivity index (χ4n) is 3.39. The van der Waals surface area contributed by atoms with Crippen molar-refractivity contribution >= 4 is 23.5 Å². The van der Waals surface area contributed by atoms with Crippen LogP contribution < -0.4 is 19.7 Å². The molecule has 2 aromatic carbocycles. The lowest BCUT2D eigenvalue weighted by molar-refractivity contribution is -0.117. The van der Waals surface area contributed by atoms with Crippen molar-refractivity contribution in [3.8, 4) is 11.5 Å². The molecule has 9 heteroatoms. The third-order valence-corrected chi connectivity index (χ3v) is 4.84. The minimum absolute atomic E-state index is 0.00894. The number of nitrogens with zero attached hydrogens (tertiary/aromatic N) is 3. The molecule has 0 spiro atoms. The first-order valence-corrected chi connectivity index (χ1v) is 9.07. The third kappa shape index (κ3) is 3.27. The van der Waals surface area contributed by atoms with Crippen molar-refractivity contribution in [2.45, 2.75) is 12.3 Å². The molecule has 0 saturated carbocycles. The molecular formula is C20H16N4O5. The second-order valence-corrected chi connectivity index (χ2v) is 6.71. The van der Waals surface area contributed by atoms with Gasteiger partial charge in [0, 0.05) is 24.2 Å². The van der Waals surface area contributed by atoms with Crippen LogP contribution in [-0.2, 0) is 4.79 Å². The molecule has 146 valence electrons. The summed E-state index contributed by atoms with van der Waals surface area (Å²) in [5.41, 5.74) is 1.20. The summed E-state index contributed by atoms with van der Waals surface area (Å²) in [5, 5.41) is 10.5. The summed E-state index contributed by atoms with van der Waals surface area (Å²) in [5.74, 6) is 0.770. The number of anilines is 2. The Labute approximate surface area is 165 Å². The second-order valence-electron chi connectivity index (χ2n) is 6.71. The summed E-state index contributed by atoms with van der Waals surface area (Å²) in [4.78, 5) is 26.5. The molecule has 1 aromatic heterocycles. The van der Waals surface area contributed by atoms with Crippen molar-refractivity contribution in [3.63, 3.8) is 0 Å². The van der Waals surface area contributed by atoms with Gasteiger partial charge in [-0.3, -0.25) is 14.9 Å². The summed E-state index contributed by atoms with van der Waals surface area (Å²) in [6, 6.07) is 14.3. The zero-order valence-electron chi connectivity index (χ0n) is 15.2. The number of rotatable bonds is 4. The predicted octanol–water partition coefficient (Wildman–Crippen LogP) is 2.57. The van der Waals surface area contributed by atoms with Crippen molar-refractivity contribution in [1.82, 2.24) is 10.2 Å². The number of hydrogen-bond donors (Lipinski definition) is 1. The average molecular weight is 392 g/mol. The molecule has 5 rings (SSSR count). The van der Waals surface area contributed by atoms with E-state index in [1.165, 1.54) is 0 Å². The van der Waals surface area contributed by atoms with Crippen LogP contribution in [0.1, 0.15) is 28.6 Å². The monoisotopic (exact) mass is 392 g/mol. The average Bonchev–Trinajstić information content (AvgIpc) is 3.47. The van der Waals surface area contributed by atoms with Gasteiger partial charge in [0.05, 0.1) is 5.92 Å². The Balaban J connectivity index is 1.27. The van der Waals surface area contributed by atoms with E-state index in [4.69, 9.17) is 13.9 Å². The highest BCUT2D eigenvalue weighted by Crippen LogP contribution is 2.33. The van der Waals surface area contributed by atoms with E-state index in [0.29, 0.717) is 29.5 Å². The Morgan fingerprint density at radius 2 is 1.90 bits per heavy atom. The zero-order valence-corrected chi connectivity index (χ0v) is 15.2. The third-order valence-electron chi connectivity index (χ3n) is 4.84. The molecule has 2 amide bonds. The molecule has 0 aliphatic carbocycles. The molecule has 29 heavy (non-hydrogen) atoms. The molecule has 1 unspecified atom stereocenters. The number of hydrogen-bond acceptors (Lipinski definition) is 7. The predicted molar refractivity (Wildman–Crippen MR) is 101 cm³/mol. The van der Waals surface area contributed by atoms with Gasteiger partial charge >= 0.3 is 6.01 Å². The minimum atomic E-state index is -0.410. The first-order valence-electron chi connectivity index (χ1n) is 9.07. The highest BCUT2D eigenvalue weighted by atomic mass is 16.7. The highest BCUT2D eigenvalue weighted by molar-refractivity contribution is 6.03. The van der Waals surface area contributed by atoms with Crippen molar-refractivity contribution in [1.29, 1.82) is 0 Å². The Kier molecular flexibility index (Phi) is 4.12. The Bertz CT molecular complexity index is 1080. The number of benzene rings is 2. The lowest BCUT2D eigenvalue weighted by Crippen LogP contribution is -2.24. The van der Waals surface area contributed by atoms with Crippen LogP contribution in [0.2, 0.25) is 0 Å². The van der Waals surface area contributed by atoms with Crippen LogP contribution in [0, 0.1) is 0 Å². The SMILES string of the molecule is O=C(Nc1nnc(C2CC(=O)N(c3ccccc3)C2)o1)c1ccc2c(c1)OCO2. The van der Waals surface area contributed by atoms with Gasteiger partial charge in [-0.05, 0) is 30.3 Å². The van der Waals surface area contributed by atoms with Crippen LogP contribution in [0.4, 0.5) is 11.7 Å². The van der Waals surface area contributed by atoms with Gasteiger partial charge in [0.2, 0.25) is 18.6 Å². The highest BCUT2D eigenvalue weighted by Gasteiger charge is 2.35. The normalized spacial score (nSPS) is 17.6. The van der Waals surface area contributed by atoms with E-state index in [0.717, 1.165) is 5.69 Å². The first kappa shape index (κ1) is 17.2. The second kappa shape index (κ2) is 6.93. The lowest BCUT2D eigenvalue weighted by Gasteiger charge is -2.15. The summed E-state index contributed by atoms with van der Waals surface area (Å²) >= 11 is 0. The zero-order chi connectivity index (χ0) is 19.8. The summed E-state index contributed by atoms with van der Waals surface area (Å²) < 4.78 is 16.1. The number of amides is 2. The van der Waals surface area contributed by atoms with Gasteiger partial charge in [0.1, 0.15) is 0 Å². The summed E-state index contributed by atoms with van der Waals surface area (Å²) in [6.45, 7) is 0.578. The maximum absolute atomic E-state index is 12.4. The fourth-order valence-corrected chi connectivity index (χ4v) is 3.39. The van der Waals surface area contributed by atoms with Crippen LogP contribution >= 0.6 is 0 Å². The van der Waals surface area contributed by atoms with Gasteiger partial charge in [-0.2, -0.15) is 0 Å². The first-order chi connectivity index (χ1) is 14.2. The number of fused-ring (bicyclic) bond motifs is 1. The van der Waals surface area contributed by atoms with Crippen LogP contribution in [-0.4, -0.2) is 35.3 Å². The van der Waals surface area contributed by atoms with E-state index in [1.54, 1.807) is 23.1 Å². The number of carbonyl (C=O) groups is 2. The van der Waals surface area contributed by atoms with Crippen LogP contribution in [0.15, 0.2) is 52.9 Å². The van der Waals surface area contributed by atoms with Gasteiger partial charge in [-0.25, -0.2) is 0 Å². The fraction of sp³-hybridized carbons (Fsp3) is 0.200. The molecule has 1 saturated heterocycles. The van der Waals surface area contributed by atoms with E-state index >= 15 is 0 Å². The molecule has 1 atom stereocenters. The Morgan fingerprint density at radius 3 is 2.76 bits per heavy atom. The van der Waals surface area contributed by atoms with E-state index in [9.17, 15) is 9.59 Å². The van der Waals surface area contributed by atoms with Crippen molar-refractivity contribution in [2.75, 3.05) is 23.6 Å². The largest absolute Gasteiger partial charge is 0.454 e. The Morgan fingerprint density at radius 1 is 1.07 bits per heavy atom. The molecule has 1 N–H and O–H groups in total. The molecule has 1 fully saturated rings. The molecule has 9 nitrogen and oxygen atoms in total. The van der Waals surface area contributed by atoms with Crippen molar-refractivity contribution < 1.29 is 23.5 Å². The van der Waals surface area contributed by atoms with E-state index in [2.05, 4.69) is 15.5 Å². The molecule has 0 bridgehead atoms. The van der Waals surface area contributed by atoms with Gasteiger partial charge in [0.25, 0.3) is 5.91 Å². The number of ether oxygens (including phenoxy) is 2. The molecule has 2 aliphatic rings. The standard InChI is InChI=1S/C20H16N4O5/c25-17-9-13(10-24(17)14-4-2-1-3-5-14)19-22-23-20(29-19)21-18(26)12-6-7-15-16(8-12)28-11-27-15/h1-8,13H,9-11H2,(H,21,23,26). The number of nitrogens with one attached hydrogen (secondary N) is 1. The maximum Gasteiger partial charge on any atom is 0.322 e. The van der Waals surface area contributed by atoms with Gasteiger partial charge in [0.15, 0.2) is 11.5 Å². The number of carbonyl (C=O) groups excluding carboxylic acids is 2. The van der Waals surface area contributed by atoms with Gasteiger partial charge < -0.3 is 18.8 Å². The Hall–Kier alpha value is -3.88. The minimum Gasteiger partial charge on any atom is -0.454 e. The van der Waals surface area contributed by atoms with Crippen LogP contribution in [0.3, 0.4) is 0 Å². The van der Waals surface area contributed by atoms with Crippen LogP contribution in [0.5, 0.6) is 11.5 Å². The summed E-state index contributed by atoms with van der Waals surface area (Å²) in [6.07, 6.45) is 0.270. The number of para-hydroxylation sites is 1. The molecule has 2 aliphatic heterocycles. The molecule has 0 radical (unpaired) electrons. The van der Waals surface area contributed by atoms with E-state index in [-0.39, 0.29) is 31.1 Å². The number of aromatic nitrogens is 2.